The van der Waals surface area contributed by atoms with Gasteiger partial charge in [-0.25, -0.2) is 4.98 Å². The summed E-state index contributed by atoms with van der Waals surface area (Å²) in [4.78, 5) is 28.3. The SMILES string of the molecule is Cc1ccc2c(C)c(C(=O)N3CCC[C@H]3c3ccc(Nc4cnccn4)cn3)oc2c1C. The number of carbonyl (C=O) groups is 1. The Morgan fingerprint density at radius 3 is 2.69 bits per heavy atom. The molecule has 1 N–H and O–H groups in total. The van der Waals surface area contributed by atoms with Crippen molar-refractivity contribution in [3.63, 3.8) is 0 Å². The Labute approximate surface area is 186 Å². The minimum absolute atomic E-state index is 0.0662. The summed E-state index contributed by atoms with van der Waals surface area (Å²) in [5.41, 5.74) is 5.64. The van der Waals surface area contributed by atoms with E-state index in [9.17, 15) is 4.79 Å². The van der Waals surface area contributed by atoms with Gasteiger partial charge in [0, 0.05) is 29.9 Å². The van der Waals surface area contributed by atoms with Crippen molar-refractivity contribution >= 4 is 28.4 Å². The summed E-state index contributed by atoms with van der Waals surface area (Å²) in [6.45, 7) is 6.75. The van der Waals surface area contributed by atoms with E-state index in [0.29, 0.717) is 18.1 Å². The first kappa shape index (κ1) is 20.2. The summed E-state index contributed by atoms with van der Waals surface area (Å²) in [6, 6.07) is 7.97. The zero-order chi connectivity index (χ0) is 22.2. The van der Waals surface area contributed by atoms with Gasteiger partial charge in [-0.2, -0.15) is 0 Å². The molecule has 1 saturated heterocycles. The molecule has 0 spiro atoms. The zero-order valence-electron chi connectivity index (χ0n) is 18.4. The zero-order valence-corrected chi connectivity index (χ0v) is 18.4. The largest absolute Gasteiger partial charge is 0.450 e. The molecule has 1 aromatic carbocycles. The number of furan rings is 1. The first-order valence-electron chi connectivity index (χ1n) is 10.8. The highest BCUT2D eigenvalue weighted by Gasteiger charge is 2.34. The van der Waals surface area contributed by atoms with Gasteiger partial charge in [0.05, 0.1) is 29.8 Å². The van der Waals surface area contributed by atoms with E-state index in [1.165, 1.54) is 0 Å². The van der Waals surface area contributed by atoms with Crippen LogP contribution in [0.25, 0.3) is 11.0 Å². The normalized spacial score (nSPS) is 16.0. The number of nitrogens with one attached hydrogen (secondary N) is 1. The Bertz CT molecular complexity index is 1280. The number of pyridine rings is 1. The second-order valence-electron chi connectivity index (χ2n) is 8.28. The third-order valence-electron chi connectivity index (χ3n) is 6.30. The van der Waals surface area contributed by atoms with E-state index in [2.05, 4.69) is 33.3 Å². The van der Waals surface area contributed by atoms with Gasteiger partial charge in [-0.1, -0.05) is 12.1 Å². The van der Waals surface area contributed by atoms with E-state index in [1.807, 2.05) is 36.9 Å². The number of hydrogen-bond acceptors (Lipinski definition) is 6. The van der Waals surface area contributed by atoms with Crippen LogP contribution in [0.1, 0.15) is 51.8 Å². The van der Waals surface area contributed by atoms with Crippen molar-refractivity contribution in [2.24, 2.45) is 0 Å². The molecule has 0 saturated carbocycles. The van der Waals surface area contributed by atoms with Crippen LogP contribution in [0.2, 0.25) is 0 Å². The van der Waals surface area contributed by atoms with Crippen LogP contribution in [-0.2, 0) is 0 Å². The highest BCUT2D eigenvalue weighted by Crippen LogP contribution is 2.36. The lowest BCUT2D eigenvalue weighted by atomic mass is 10.0. The Balaban J connectivity index is 1.40. The molecule has 1 amide bonds. The fraction of sp³-hybridized carbons (Fsp3) is 0.280. The van der Waals surface area contributed by atoms with Crippen LogP contribution < -0.4 is 5.32 Å². The second-order valence-corrected chi connectivity index (χ2v) is 8.28. The number of nitrogens with zero attached hydrogens (tertiary/aromatic N) is 4. The standard InChI is InChI=1S/C25H25N5O2/c1-15-6-8-19-17(3)24(32-23(19)16(15)2)25(31)30-12-4-5-21(30)20-9-7-18(13-28-20)29-22-14-26-10-11-27-22/h6-11,13-14,21H,4-5,12H2,1-3H3,(H,27,29)/t21-/m0/s1. The number of likely N-dealkylation sites (tertiary alicyclic amines) is 1. The van der Waals surface area contributed by atoms with Crippen LogP contribution in [0.5, 0.6) is 0 Å². The van der Waals surface area contributed by atoms with E-state index in [0.717, 1.165) is 51.9 Å². The minimum Gasteiger partial charge on any atom is -0.450 e. The molecule has 7 nitrogen and oxygen atoms in total. The molecule has 1 aliphatic heterocycles. The fourth-order valence-electron chi connectivity index (χ4n) is 4.36. The van der Waals surface area contributed by atoms with Crippen LogP contribution in [0.3, 0.4) is 0 Å². The first-order valence-corrected chi connectivity index (χ1v) is 10.8. The summed E-state index contributed by atoms with van der Waals surface area (Å²) in [5, 5.41) is 4.19. The van der Waals surface area contributed by atoms with Gasteiger partial charge >= 0.3 is 0 Å². The first-order chi connectivity index (χ1) is 15.5. The lowest BCUT2D eigenvalue weighted by Crippen LogP contribution is -2.31. The Kier molecular flexibility index (Phi) is 5.09. The molecular weight excluding hydrogens is 402 g/mol. The molecular formula is C25H25N5O2. The van der Waals surface area contributed by atoms with Crippen LogP contribution in [0.4, 0.5) is 11.5 Å². The molecule has 1 aliphatic rings. The molecule has 0 aliphatic carbocycles. The van der Waals surface area contributed by atoms with Crippen molar-refractivity contribution in [3.8, 4) is 0 Å². The fourth-order valence-corrected chi connectivity index (χ4v) is 4.36. The van der Waals surface area contributed by atoms with Gasteiger partial charge in [0.2, 0.25) is 0 Å². The molecule has 0 unspecified atom stereocenters. The van der Waals surface area contributed by atoms with Crippen molar-refractivity contribution in [2.75, 3.05) is 11.9 Å². The lowest BCUT2D eigenvalue weighted by Gasteiger charge is -2.23. The molecule has 4 aromatic rings. The van der Waals surface area contributed by atoms with Crippen LogP contribution in [0.15, 0.2) is 53.5 Å². The van der Waals surface area contributed by atoms with Gasteiger partial charge in [0.25, 0.3) is 5.91 Å². The maximum atomic E-state index is 13.5. The van der Waals surface area contributed by atoms with Gasteiger partial charge in [0.1, 0.15) is 11.4 Å². The highest BCUT2D eigenvalue weighted by molar-refractivity contribution is 6.00. The minimum atomic E-state index is -0.0678. The number of anilines is 2. The predicted octanol–water partition coefficient (Wildman–Crippen LogP) is 5.26. The van der Waals surface area contributed by atoms with Crippen molar-refractivity contribution < 1.29 is 9.21 Å². The predicted molar refractivity (Wildman–Crippen MR) is 123 cm³/mol. The second kappa shape index (κ2) is 8.07. The Morgan fingerprint density at radius 2 is 1.94 bits per heavy atom. The quantitative estimate of drug-likeness (QED) is 0.478. The molecule has 3 aromatic heterocycles. The number of hydrogen-bond donors (Lipinski definition) is 1. The topological polar surface area (TPSA) is 84.2 Å². The van der Waals surface area contributed by atoms with Gasteiger partial charge in [-0.15, -0.1) is 0 Å². The van der Waals surface area contributed by atoms with Gasteiger partial charge in [0.15, 0.2) is 5.76 Å². The van der Waals surface area contributed by atoms with Gasteiger partial charge in [-0.05, 0) is 56.9 Å². The average Bonchev–Trinajstić information content (AvgIpc) is 3.43. The average molecular weight is 428 g/mol. The van der Waals surface area contributed by atoms with E-state index >= 15 is 0 Å². The molecule has 5 rings (SSSR count). The summed E-state index contributed by atoms with van der Waals surface area (Å²) in [5.74, 6) is 1.02. The molecule has 0 bridgehead atoms. The number of carbonyl (C=O) groups excluding carboxylic acids is 1. The number of amides is 1. The third-order valence-corrected chi connectivity index (χ3v) is 6.30. The monoisotopic (exact) mass is 427 g/mol. The van der Waals surface area contributed by atoms with Crippen LogP contribution >= 0.6 is 0 Å². The third kappa shape index (κ3) is 3.49. The molecule has 0 radical (unpaired) electrons. The Morgan fingerprint density at radius 1 is 1.06 bits per heavy atom. The molecule has 32 heavy (non-hydrogen) atoms. The van der Waals surface area contributed by atoms with E-state index < -0.39 is 0 Å². The van der Waals surface area contributed by atoms with Gasteiger partial charge in [-0.3, -0.25) is 14.8 Å². The summed E-state index contributed by atoms with van der Waals surface area (Å²) < 4.78 is 6.12. The summed E-state index contributed by atoms with van der Waals surface area (Å²) >= 11 is 0. The van der Waals surface area contributed by atoms with Crippen molar-refractivity contribution in [3.05, 3.63) is 77.2 Å². The van der Waals surface area contributed by atoms with Crippen molar-refractivity contribution in [2.45, 2.75) is 39.7 Å². The van der Waals surface area contributed by atoms with Gasteiger partial charge < -0.3 is 14.6 Å². The molecule has 4 heterocycles. The van der Waals surface area contributed by atoms with Crippen LogP contribution in [-0.4, -0.2) is 32.3 Å². The maximum absolute atomic E-state index is 13.5. The molecule has 1 atom stereocenters. The van der Waals surface area contributed by atoms with E-state index in [-0.39, 0.29) is 11.9 Å². The van der Waals surface area contributed by atoms with E-state index in [4.69, 9.17) is 4.42 Å². The summed E-state index contributed by atoms with van der Waals surface area (Å²) in [6.07, 6.45) is 8.51. The summed E-state index contributed by atoms with van der Waals surface area (Å²) in [7, 11) is 0. The smallest absolute Gasteiger partial charge is 0.290 e. The molecule has 1 fully saturated rings. The molecule has 7 heteroatoms. The van der Waals surface area contributed by atoms with Crippen LogP contribution in [0, 0.1) is 20.8 Å². The maximum Gasteiger partial charge on any atom is 0.290 e. The number of aryl methyl sites for hydroxylation is 3. The number of aromatic nitrogens is 3. The molecule has 162 valence electrons. The number of fused-ring (bicyclic) bond motifs is 1. The number of benzene rings is 1. The van der Waals surface area contributed by atoms with Crippen molar-refractivity contribution in [1.82, 2.24) is 19.9 Å². The number of rotatable bonds is 4. The Hall–Kier alpha value is -3.74. The van der Waals surface area contributed by atoms with E-state index in [1.54, 1.807) is 24.8 Å². The highest BCUT2D eigenvalue weighted by atomic mass is 16.3. The lowest BCUT2D eigenvalue weighted by molar-refractivity contribution is 0.0702. The van der Waals surface area contributed by atoms with Crippen molar-refractivity contribution in [1.29, 1.82) is 0 Å².